The average Bonchev–Trinajstić information content (AvgIpc) is 0.780. The van der Waals surface area contributed by atoms with E-state index < -0.39 is 27.4 Å². The van der Waals surface area contributed by atoms with Crippen molar-refractivity contribution >= 4 is 0 Å². The summed E-state index contributed by atoms with van der Waals surface area (Å²) < 4.78 is 103. The van der Waals surface area contributed by atoms with Crippen LogP contribution in [-0.2, 0) is 35.2 Å². The largest absolute Gasteiger partial charge is 0.213 e. The van der Waals surface area contributed by atoms with Crippen molar-refractivity contribution < 1.29 is 39.3 Å². The number of benzene rings is 10. The lowest BCUT2D eigenvalue weighted by molar-refractivity contribution is -0.660. The summed E-state index contributed by atoms with van der Waals surface area (Å²) in [7, 11) is 9.89. The van der Waals surface area contributed by atoms with Gasteiger partial charge in [0.2, 0.25) is 28.5 Å². The molecule has 0 unspecified atom stereocenters. The molecule has 10 aromatic carbocycles. The fraction of sp³-hybridized carbons (Fsp3) is 0.150. The third-order valence-corrected chi connectivity index (χ3v) is 19.0. The van der Waals surface area contributed by atoms with Crippen molar-refractivity contribution in [1.82, 2.24) is 0 Å². The first-order valence-electron chi connectivity index (χ1n) is 41.4. The quantitative estimate of drug-likeness (QED) is 0.122. The molecule has 5 heteroatoms. The third-order valence-electron chi connectivity index (χ3n) is 19.0. The Kier molecular flexibility index (Phi) is 19.7. The molecule has 15 rings (SSSR count). The summed E-state index contributed by atoms with van der Waals surface area (Å²) in [6, 6.07) is 101. The molecule has 0 radical (unpaired) electrons. The number of aryl methyl sites for hydroxylation is 15. The highest BCUT2D eigenvalue weighted by Crippen LogP contribution is 2.33. The summed E-state index contributed by atoms with van der Waals surface area (Å²) >= 11 is 0. The lowest BCUT2D eigenvalue weighted by atomic mass is 9.97. The second-order valence-corrected chi connectivity index (χ2v) is 26.8. The second-order valence-electron chi connectivity index (χ2n) is 26.8. The van der Waals surface area contributed by atoms with Gasteiger partial charge in [-0.3, -0.25) is 0 Å². The summed E-state index contributed by atoms with van der Waals surface area (Å²) in [5, 5.41) is 0. The Bertz CT molecular complexity index is 5940. The summed E-state index contributed by atoms with van der Waals surface area (Å²) in [6.45, 7) is 3.73. The van der Waals surface area contributed by atoms with Crippen LogP contribution in [0.4, 0.5) is 0 Å². The van der Waals surface area contributed by atoms with Gasteiger partial charge < -0.3 is 0 Å². The van der Waals surface area contributed by atoms with E-state index in [-0.39, 0.29) is 5.56 Å². The predicted molar refractivity (Wildman–Crippen MR) is 440 cm³/mol. The lowest BCUT2D eigenvalue weighted by Gasteiger charge is -2.10. The molecule has 0 aliphatic carbocycles. The number of hydrogen-bond donors (Lipinski definition) is 0. The Morgan fingerprint density at radius 3 is 0.943 bits per heavy atom. The van der Waals surface area contributed by atoms with Crippen molar-refractivity contribution in [3.05, 3.63) is 390 Å². The zero-order chi connectivity index (χ0) is 84.1. The lowest BCUT2D eigenvalue weighted by Crippen LogP contribution is -2.31. The first kappa shape index (κ1) is 59.5. The molecule has 0 saturated heterocycles. The molecule has 0 aliphatic heterocycles. The van der Waals surface area contributed by atoms with Gasteiger partial charge in [0.15, 0.2) is 31.0 Å². The van der Waals surface area contributed by atoms with Gasteiger partial charge in [0.1, 0.15) is 35.2 Å². The first-order valence-corrected chi connectivity index (χ1v) is 35.4. The molecule has 0 aliphatic rings. The van der Waals surface area contributed by atoms with E-state index in [1.165, 1.54) is 61.5 Å². The van der Waals surface area contributed by atoms with Crippen LogP contribution in [0.15, 0.2) is 334 Å². The van der Waals surface area contributed by atoms with Crippen molar-refractivity contribution in [1.29, 1.82) is 0 Å². The van der Waals surface area contributed by atoms with Crippen LogP contribution in [0.1, 0.15) is 72.1 Å². The maximum atomic E-state index is 7.93. The summed E-state index contributed by atoms with van der Waals surface area (Å²) in [5.74, 6) is 0. The Morgan fingerprint density at radius 2 is 0.533 bits per heavy atom. The van der Waals surface area contributed by atoms with Gasteiger partial charge in [-0.05, 0) is 195 Å². The minimum atomic E-state index is -2.25. The molecule has 0 amide bonds. The highest BCUT2D eigenvalue weighted by atomic mass is 14.9. The van der Waals surface area contributed by atoms with E-state index in [0.717, 1.165) is 78.3 Å². The molecule has 5 nitrogen and oxygen atoms in total. The van der Waals surface area contributed by atoms with Crippen LogP contribution in [0.3, 0.4) is 0 Å². The van der Waals surface area contributed by atoms with Gasteiger partial charge in [0.05, 0.1) is 0 Å². The van der Waals surface area contributed by atoms with Crippen LogP contribution in [-0.4, -0.2) is 0 Å². The van der Waals surface area contributed by atoms with Gasteiger partial charge in [0.25, 0.3) is 0 Å². The summed E-state index contributed by atoms with van der Waals surface area (Å²) in [5.41, 5.74) is 29.6. The van der Waals surface area contributed by atoms with Crippen molar-refractivity contribution in [2.24, 2.45) is 35.2 Å². The molecule has 5 heterocycles. The van der Waals surface area contributed by atoms with Crippen molar-refractivity contribution in [2.75, 3.05) is 0 Å². The highest BCUT2D eigenvalue weighted by molar-refractivity contribution is 5.76. The summed E-state index contributed by atoms with van der Waals surface area (Å²) in [6.07, 6.45) is 9.66. The van der Waals surface area contributed by atoms with E-state index in [1.54, 1.807) is 54.3 Å². The topological polar surface area (TPSA) is 19.4 Å². The Labute approximate surface area is 642 Å². The number of pyridine rings is 5. The molecule has 5 aromatic heterocycles. The fourth-order valence-electron chi connectivity index (χ4n) is 13.3. The van der Waals surface area contributed by atoms with Gasteiger partial charge in [0, 0.05) is 103 Å². The maximum absolute atomic E-state index is 7.93. The van der Waals surface area contributed by atoms with Gasteiger partial charge in [-0.15, -0.1) is 0 Å². The van der Waals surface area contributed by atoms with Gasteiger partial charge in [-0.1, -0.05) is 230 Å². The van der Waals surface area contributed by atoms with Gasteiger partial charge >= 0.3 is 0 Å². The van der Waals surface area contributed by atoms with E-state index in [4.69, 9.17) is 16.4 Å². The molecule has 520 valence electrons. The molecule has 15 aromatic rings. The van der Waals surface area contributed by atoms with Gasteiger partial charge in [-0.2, -0.15) is 0 Å². The van der Waals surface area contributed by atoms with Crippen LogP contribution >= 0.6 is 0 Å². The maximum Gasteiger partial charge on any atom is 0.213 e. The second kappa shape index (κ2) is 34.7. The first-order chi connectivity index (χ1) is 55.6. The average molecular weight is 1380 g/mol. The van der Waals surface area contributed by atoms with Crippen LogP contribution in [0, 0.1) is 68.9 Å². The van der Waals surface area contributed by atoms with E-state index in [0.29, 0.717) is 22.3 Å². The molecule has 0 spiro atoms. The molecule has 0 saturated carbocycles. The Morgan fingerprint density at radius 1 is 0.190 bits per heavy atom. The van der Waals surface area contributed by atoms with E-state index in [2.05, 4.69) is 232 Å². The zero-order valence-corrected chi connectivity index (χ0v) is 62.0. The number of nitrogens with zero attached hydrogens (tertiary/aromatic N) is 5. The van der Waals surface area contributed by atoms with E-state index >= 15 is 0 Å². The Hall–Kier alpha value is -12.1. The van der Waals surface area contributed by atoms with Crippen molar-refractivity contribution in [3.8, 4) is 112 Å². The minimum Gasteiger partial charge on any atom is -0.201 e. The number of hydrogen-bond acceptors (Lipinski definition) is 0. The van der Waals surface area contributed by atoms with E-state index in [9.17, 15) is 0 Å². The van der Waals surface area contributed by atoms with Crippen molar-refractivity contribution in [3.63, 3.8) is 0 Å². The smallest absolute Gasteiger partial charge is 0.201 e. The normalized spacial score (nSPS) is 12.8. The van der Waals surface area contributed by atoms with E-state index in [1.807, 2.05) is 148 Å². The molecule has 0 atom stereocenters. The minimum absolute atomic E-state index is 0.279. The molecular formula is C100H100N5+5. The monoisotopic (exact) mass is 1380 g/mol. The highest BCUT2D eigenvalue weighted by Gasteiger charge is 2.20. The summed E-state index contributed by atoms with van der Waals surface area (Å²) in [4.78, 5) is 0. The van der Waals surface area contributed by atoms with Crippen LogP contribution in [0.25, 0.3) is 112 Å². The van der Waals surface area contributed by atoms with Crippen LogP contribution in [0.5, 0.6) is 0 Å². The van der Waals surface area contributed by atoms with Crippen molar-refractivity contribution in [2.45, 2.75) is 68.9 Å². The van der Waals surface area contributed by atoms with Crippen LogP contribution in [0.2, 0.25) is 0 Å². The molecular weight excluding hydrogens is 1270 g/mol. The zero-order valence-electron chi connectivity index (χ0n) is 74.0. The predicted octanol–water partition coefficient (Wildman–Crippen LogP) is 22.3. The molecule has 0 N–H and O–H groups in total. The Balaban J connectivity index is 0.000000144. The standard InChI is InChI=1S/C21H22N.3C20H20N.C19H18N/c1-15-10-11-19(16(2)12-15)21-13-20(17(3)14-22(21)4)18-8-6-5-7-9-18;1-15-9-7-8-12-18(15)20-13-19(16(2)14-21(20)3)17-10-5-4-6-11-17;1-15-9-12-20(21(3)14-15)19-11-10-18(13-16(19)2)17-7-5-4-6-8-17;1-15-9-10-19(16(2)13-15)20-14-18(11-12-21(20)3)17-7-5-4-6-8-17;1-15-14-17(16-8-4-3-5-9-16)11-12-18(15)19-10-6-7-13-20(19)2/h5-14H,1-4H3;3*4-14H,1-3H3;3-14H,1-2H3/q5*+1/i1D3,3D3;2D3;;1D3;. The van der Waals surface area contributed by atoms with Crippen LogP contribution < -0.4 is 22.8 Å². The fourth-order valence-corrected chi connectivity index (χ4v) is 13.3. The molecule has 0 bridgehead atoms. The molecule has 105 heavy (non-hydrogen) atoms. The third kappa shape index (κ3) is 18.6. The van der Waals surface area contributed by atoms with Gasteiger partial charge in [-0.25, -0.2) is 22.8 Å². The molecule has 0 fully saturated rings. The number of rotatable bonds is 10. The number of aromatic nitrogens is 5. The SMILES string of the molecule is Cc1cc(-c2ccccc2)ccc1-c1cccc[n+]1C.Cc1ccc(-c2ccc(-c3ccccc3)cc2C)[n+](C)c1.[2H]C([2H])([2H])c1c[n+](C)c(-c2ccccc2C)cc1-c1ccccc1.[2H]C([2H])([2H])c1ccc(-c2cc(-c3ccccc3)c(C([2H])([2H])[2H])c[n+]2C)c(C)c1.[2H]C([2H])([2H])c1ccc(-c2cc(-c3ccccc3)cc[n+]2C)c(C)c1.